The van der Waals surface area contributed by atoms with Crippen LogP contribution in [-0.4, -0.2) is 4.98 Å². The van der Waals surface area contributed by atoms with E-state index in [2.05, 4.69) is 9.97 Å². The van der Waals surface area contributed by atoms with Gasteiger partial charge >= 0.3 is 5.95 Å². The number of H-pyrrole nitrogens is 1. The molecule has 1 rings (SSSR count). The maximum absolute atomic E-state index is 8.37. The molecule has 1 heterocycles. The van der Waals surface area contributed by atoms with E-state index in [0.29, 0.717) is 0 Å². The normalized spacial score (nSPS) is 8.80. The van der Waals surface area contributed by atoms with Crippen molar-refractivity contribution in [3.8, 4) is 6.07 Å². The van der Waals surface area contributed by atoms with Gasteiger partial charge in [-0.05, 0) is 11.6 Å². The highest BCUT2D eigenvalue weighted by atomic mass is 35.5. The van der Waals surface area contributed by atoms with Crippen LogP contribution < -0.4 is 10.7 Å². The molecule has 0 bridgehead atoms. The van der Waals surface area contributed by atoms with Crippen molar-refractivity contribution in [1.82, 2.24) is 4.98 Å². The Morgan fingerprint density at radius 3 is 3.00 bits per heavy atom. The second-order valence-electron chi connectivity index (χ2n) is 1.60. The van der Waals surface area contributed by atoms with E-state index < -0.39 is 0 Å². The fourth-order valence-corrected chi connectivity index (χ4v) is 0.670. The summed E-state index contributed by atoms with van der Waals surface area (Å²) in [5.41, 5.74) is 5.51. The van der Waals surface area contributed by atoms with E-state index in [4.69, 9.17) is 22.6 Å². The quantitative estimate of drug-likeness (QED) is 0.536. The Balaban J connectivity index is 3.23. The summed E-state index contributed by atoms with van der Waals surface area (Å²) in [6.45, 7) is 0. The molecule has 50 valence electrons. The van der Waals surface area contributed by atoms with Gasteiger partial charge in [-0.2, -0.15) is 5.26 Å². The summed E-state index contributed by atoms with van der Waals surface area (Å²) in [5.74, 6) is 0.198. The van der Waals surface area contributed by atoms with Crippen LogP contribution >= 0.6 is 11.6 Å². The smallest absolute Gasteiger partial charge is 0.287 e. The summed E-state index contributed by atoms with van der Waals surface area (Å²) in [7, 11) is 0. The van der Waals surface area contributed by atoms with Gasteiger partial charge in [-0.1, -0.05) is 4.98 Å². The second-order valence-corrected chi connectivity index (χ2v) is 1.96. The predicted octanol–water partition coefficient (Wildman–Crippen LogP) is 0.00298. The first-order valence-electron chi connectivity index (χ1n) is 2.48. The molecule has 0 unspecified atom stereocenters. The second kappa shape index (κ2) is 2.50. The first kappa shape index (κ1) is 6.78. The van der Waals surface area contributed by atoms with Crippen molar-refractivity contribution in [1.29, 1.82) is 5.26 Å². The minimum atomic E-state index is 0.124. The molecule has 0 spiro atoms. The fraction of sp³-hybridized carbons (Fsp3) is 0. The molecule has 0 saturated heterocycles. The third-order valence-corrected chi connectivity index (χ3v) is 1.21. The van der Waals surface area contributed by atoms with E-state index in [9.17, 15) is 0 Å². The van der Waals surface area contributed by atoms with Crippen LogP contribution in [0.4, 0.5) is 5.95 Å². The molecule has 0 amide bonds. The SMILES string of the molecule is N#Cc1c[nH+]c(N)nc1Cl. The van der Waals surface area contributed by atoms with E-state index in [1.807, 2.05) is 6.07 Å². The number of hydrogen-bond acceptors (Lipinski definition) is 3. The Morgan fingerprint density at radius 1 is 1.80 bits per heavy atom. The summed E-state index contributed by atoms with van der Waals surface area (Å²) in [6.07, 6.45) is 1.41. The average Bonchev–Trinajstić information content (AvgIpc) is 1.88. The van der Waals surface area contributed by atoms with Gasteiger partial charge in [-0.3, -0.25) is 5.73 Å². The molecule has 3 N–H and O–H groups in total. The van der Waals surface area contributed by atoms with Gasteiger partial charge < -0.3 is 0 Å². The van der Waals surface area contributed by atoms with Gasteiger partial charge in [-0.15, -0.1) is 0 Å². The molecular weight excluding hydrogens is 152 g/mol. The van der Waals surface area contributed by atoms with Gasteiger partial charge in [-0.25, -0.2) is 4.98 Å². The fourth-order valence-electron chi connectivity index (χ4n) is 0.482. The molecule has 0 aromatic carbocycles. The minimum absolute atomic E-state index is 0.124. The topological polar surface area (TPSA) is 76.8 Å². The van der Waals surface area contributed by atoms with Crippen LogP contribution in [0.3, 0.4) is 0 Å². The summed E-state index contributed by atoms with van der Waals surface area (Å²) in [5, 5.41) is 8.50. The molecule has 1 aromatic heterocycles. The monoisotopic (exact) mass is 155 g/mol. The number of anilines is 1. The Hall–Kier alpha value is -1.34. The zero-order valence-electron chi connectivity index (χ0n) is 4.93. The lowest BCUT2D eigenvalue weighted by molar-refractivity contribution is -0.364. The van der Waals surface area contributed by atoms with Crippen LogP contribution in [0.2, 0.25) is 5.15 Å². The number of nitrogens with two attached hydrogens (primary N) is 1. The summed E-state index contributed by atoms with van der Waals surface area (Å²) in [6, 6.07) is 1.84. The highest BCUT2D eigenvalue weighted by molar-refractivity contribution is 6.30. The Morgan fingerprint density at radius 2 is 2.50 bits per heavy atom. The first-order chi connectivity index (χ1) is 4.74. The Kier molecular flexibility index (Phi) is 1.69. The van der Waals surface area contributed by atoms with Crippen molar-refractivity contribution >= 4 is 17.5 Å². The molecule has 0 fully saturated rings. The number of rotatable bonds is 0. The lowest BCUT2D eigenvalue weighted by Crippen LogP contribution is -2.12. The highest BCUT2D eigenvalue weighted by Gasteiger charge is 2.06. The maximum atomic E-state index is 8.37. The number of hydrogen-bond donors (Lipinski definition) is 1. The highest BCUT2D eigenvalue weighted by Crippen LogP contribution is 2.08. The van der Waals surface area contributed by atoms with Crippen molar-refractivity contribution in [2.45, 2.75) is 0 Å². The van der Waals surface area contributed by atoms with Gasteiger partial charge in [0.05, 0.1) is 6.20 Å². The minimum Gasteiger partial charge on any atom is -0.287 e. The summed E-state index contributed by atoms with van der Waals surface area (Å²) in [4.78, 5) is 6.16. The van der Waals surface area contributed by atoms with Crippen LogP contribution in [0.15, 0.2) is 6.20 Å². The Bertz CT molecular complexity index is 290. The standard InChI is InChI=1S/C5H3ClN4/c6-4-3(1-7)2-9-5(8)10-4/h2H,(H2,8,9,10)/p+1. The zero-order valence-corrected chi connectivity index (χ0v) is 5.68. The lowest BCUT2D eigenvalue weighted by atomic mass is 10.4. The number of nitriles is 1. The van der Waals surface area contributed by atoms with Crippen molar-refractivity contribution in [3.05, 3.63) is 16.9 Å². The lowest BCUT2D eigenvalue weighted by Gasteiger charge is -1.85. The predicted molar refractivity (Wildman–Crippen MR) is 34.9 cm³/mol. The van der Waals surface area contributed by atoms with Crippen molar-refractivity contribution in [2.75, 3.05) is 5.73 Å². The van der Waals surface area contributed by atoms with E-state index in [-0.39, 0.29) is 16.7 Å². The molecule has 4 nitrogen and oxygen atoms in total. The van der Waals surface area contributed by atoms with Crippen molar-refractivity contribution < 1.29 is 4.98 Å². The van der Waals surface area contributed by atoms with E-state index in [0.717, 1.165) is 0 Å². The van der Waals surface area contributed by atoms with Crippen LogP contribution in [0, 0.1) is 11.3 Å². The molecule has 5 heteroatoms. The number of nitrogens with zero attached hydrogens (tertiary/aromatic N) is 2. The third-order valence-electron chi connectivity index (χ3n) is 0.926. The van der Waals surface area contributed by atoms with E-state index in [1.165, 1.54) is 6.20 Å². The summed E-state index contributed by atoms with van der Waals surface area (Å²) < 4.78 is 0. The maximum Gasteiger partial charge on any atom is 0.388 e. The van der Waals surface area contributed by atoms with Crippen LogP contribution in [-0.2, 0) is 0 Å². The number of aromatic nitrogens is 2. The van der Waals surface area contributed by atoms with Gasteiger partial charge in [0.25, 0.3) is 0 Å². The zero-order chi connectivity index (χ0) is 7.56. The van der Waals surface area contributed by atoms with Crippen LogP contribution in [0.5, 0.6) is 0 Å². The Labute approximate surface area is 62.3 Å². The molecule has 10 heavy (non-hydrogen) atoms. The number of nitrogens with one attached hydrogen (secondary N) is 1. The van der Waals surface area contributed by atoms with Crippen molar-refractivity contribution in [2.24, 2.45) is 0 Å². The largest absolute Gasteiger partial charge is 0.388 e. The van der Waals surface area contributed by atoms with Gasteiger partial charge in [0.2, 0.25) is 5.15 Å². The molecular formula is C5H4ClN4+. The van der Waals surface area contributed by atoms with Crippen LogP contribution in [0.1, 0.15) is 5.56 Å². The molecule has 0 saturated carbocycles. The van der Waals surface area contributed by atoms with Gasteiger partial charge in [0.1, 0.15) is 11.6 Å². The first-order valence-corrected chi connectivity index (χ1v) is 2.85. The van der Waals surface area contributed by atoms with Crippen LogP contribution in [0.25, 0.3) is 0 Å². The average molecular weight is 156 g/mol. The number of nitrogen functional groups attached to an aromatic ring is 1. The van der Waals surface area contributed by atoms with Crippen molar-refractivity contribution in [3.63, 3.8) is 0 Å². The molecule has 0 aliphatic carbocycles. The molecule has 0 aliphatic rings. The van der Waals surface area contributed by atoms with E-state index in [1.54, 1.807) is 0 Å². The van der Waals surface area contributed by atoms with E-state index >= 15 is 0 Å². The summed E-state index contributed by atoms with van der Waals surface area (Å²) >= 11 is 5.50. The number of aromatic amines is 1. The molecule has 0 aliphatic heterocycles. The third kappa shape index (κ3) is 1.14. The molecule has 1 aromatic rings. The number of halogens is 1. The van der Waals surface area contributed by atoms with Gasteiger partial charge in [0.15, 0.2) is 0 Å². The van der Waals surface area contributed by atoms with Gasteiger partial charge in [0, 0.05) is 0 Å². The molecule has 0 radical (unpaired) electrons. The molecule has 0 atom stereocenters.